The Morgan fingerprint density at radius 2 is 2.10 bits per heavy atom. The van der Waals surface area contributed by atoms with E-state index in [9.17, 15) is 4.79 Å². The second-order valence-corrected chi connectivity index (χ2v) is 5.43. The van der Waals surface area contributed by atoms with Crippen LogP contribution >= 0.6 is 0 Å². The highest BCUT2D eigenvalue weighted by Gasteiger charge is 2.29. The van der Waals surface area contributed by atoms with Crippen LogP contribution in [0, 0.1) is 5.92 Å². The van der Waals surface area contributed by atoms with Gasteiger partial charge in [0.25, 0.3) is 5.91 Å². The molecule has 1 atom stereocenters. The van der Waals surface area contributed by atoms with Gasteiger partial charge in [0.05, 0.1) is 0 Å². The molecule has 2 N–H and O–H groups in total. The average Bonchev–Trinajstić information content (AvgIpc) is 3.30. The zero-order valence-corrected chi connectivity index (χ0v) is 11.8. The molecule has 1 aromatic heterocycles. The van der Waals surface area contributed by atoms with Gasteiger partial charge in [0.2, 0.25) is 0 Å². The zero-order chi connectivity index (χ0) is 14.1. The highest BCUT2D eigenvalue weighted by molar-refractivity contribution is 6.00. The molecule has 1 amide bonds. The second-order valence-electron chi connectivity index (χ2n) is 5.43. The van der Waals surface area contributed by atoms with Gasteiger partial charge in [-0.15, -0.1) is 0 Å². The van der Waals surface area contributed by atoms with E-state index in [2.05, 4.69) is 22.5 Å². The standard InChI is InChI=1S/C16H19N3O/c1-10(11-7-8-11)18-16(20)14-9-12-5-3-4-6-13(12)15(17-2)19-14/h3-6,9-11H,7-8H2,1-2H3,(H,17,19)(H,18,20). The van der Waals surface area contributed by atoms with Crippen molar-refractivity contribution in [2.24, 2.45) is 5.92 Å². The summed E-state index contributed by atoms with van der Waals surface area (Å²) < 4.78 is 0. The summed E-state index contributed by atoms with van der Waals surface area (Å²) in [5, 5.41) is 8.16. The number of anilines is 1. The third-order valence-electron chi connectivity index (χ3n) is 3.90. The van der Waals surface area contributed by atoms with Crippen LogP contribution in [0.3, 0.4) is 0 Å². The van der Waals surface area contributed by atoms with Crippen molar-refractivity contribution < 1.29 is 4.79 Å². The first kappa shape index (κ1) is 12.9. The summed E-state index contributed by atoms with van der Waals surface area (Å²) in [4.78, 5) is 16.7. The molecule has 0 aliphatic heterocycles. The van der Waals surface area contributed by atoms with Gasteiger partial charge in [-0.3, -0.25) is 4.79 Å². The van der Waals surface area contributed by atoms with Crippen LogP contribution in [0.4, 0.5) is 5.82 Å². The molecule has 0 saturated heterocycles. The molecule has 1 saturated carbocycles. The molecule has 1 unspecified atom stereocenters. The number of carbonyl (C=O) groups is 1. The maximum atomic E-state index is 12.3. The van der Waals surface area contributed by atoms with E-state index in [4.69, 9.17) is 0 Å². The number of benzene rings is 1. The predicted octanol–water partition coefficient (Wildman–Crippen LogP) is 2.80. The first-order valence-corrected chi connectivity index (χ1v) is 7.07. The minimum Gasteiger partial charge on any atom is -0.373 e. The monoisotopic (exact) mass is 269 g/mol. The average molecular weight is 269 g/mol. The Hall–Kier alpha value is -2.10. The summed E-state index contributed by atoms with van der Waals surface area (Å²) in [5.41, 5.74) is 0.473. The number of pyridine rings is 1. The number of nitrogens with one attached hydrogen (secondary N) is 2. The van der Waals surface area contributed by atoms with Crippen LogP contribution in [0.1, 0.15) is 30.3 Å². The number of nitrogens with zero attached hydrogens (tertiary/aromatic N) is 1. The van der Waals surface area contributed by atoms with E-state index >= 15 is 0 Å². The quantitative estimate of drug-likeness (QED) is 0.897. The highest BCUT2D eigenvalue weighted by Crippen LogP contribution is 2.32. The normalized spacial score (nSPS) is 15.9. The first-order chi connectivity index (χ1) is 9.69. The topological polar surface area (TPSA) is 54.0 Å². The van der Waals surface area contributed by atoms with Crippen LogP contribution in [-0.4, -0.2) is 24.0 Å². The lowest BCUT2D eigenvalue weighted by atomic mass is 10.1. The maximum absolute atomic E-state index is 12.3. The Balaban J connectivity index is 1.92. The highest BCUT2D eigenvalue weighted by atomic mass is 16.1. The second kappa shape index (κ2) is 5.12. The number of amides is 1. The van der Waals surface area contributed by atoms with Crippen molar-refractivity contribution in [3.63, 3.8) is 0 Å². The van der Waals surface area contributed by atoms with Crippen molar-refractivity contribution in [2.75, 3.05) is 12.4 Å². The van der Waals surface area contributed by atoms with E-state index in [1.54, 1.807) is 0 Å². The fourth-order valence-corrected chi connectivity index (χ4v) is 2.50. The molecule has 4 heteroatoms. The molecule has 1 aliphatic carbocycles. The molecule has 1 aliphatic rings. The van der Waals surface area contributed by atoms with Crippen LogP contribution in [0.5, 0.6) is 0 Å². The summed E-state index contributed by atoms with van der Waals surface area (Å²) in [5.74, 6) is 1.29. The molecule has 1 heterocycles. The summed E-state index contributed by atoms with van der Waals surface area (Å²) in [6, 6.07) is 10.0. The number of fused-ring (bicyclic) bond motifs is 1. The predicted molar refractivity (Wildman–Crippen MR) is 80.9 cm³/mol. The molecule has 4 nitrogen and oxygen atoms in total. The van der Waals surface area contributed by atoms with Crippen molar-refractivity contribution >= 4 is 22.5 Å². The Morgan fingerprint density at radius 3 is 2.80 bits per heavy atom. The van der Waals surface area contributed by atoms with Crippen molar-refractivity contribution in [2.45, 2.75) is 25.8 Å². The van der Waals surface area contributed by atoms with Gasteiger partial charge in [0, 0.05) is 18.5 Å². The number of hydrogen-bond acceptors (Lipinski definition) is 3. The number of aromatic nitrogens is 1. The lowest BCUT2D eigenvalue weighted by Gasteiger charge is -2.13. The van der Waals surface area contributed by atoms with Gasteiger partial charge in [-0.05, 0) is 37.1 Å². The van der Waals surface area contributed by atoms with Gasteiger partial charge in [-0.1, -0.05) is 24.3 Å². The SMILES string of the molecule is CNc1nc(C(=O)NC(C)C2CC2)cc2ccccc12. The van der Waals surface area contributed by atoms with Crippen LogP contribution in [0.2, 0.25) is 0 Å². The molecular weight excluding hydrogens is 250 g/mol. The molecule has 1 fully saturated rings. The van der Waals surface area contributed by atoms with Crippen molar-refractivity contribution in [1.29, 1.82) is 0 Å². The Morgan fingerprint density at radius 1 is 1.35 bits per heavy atom. The van der Waals surface area contributed by atoms with Crippen molar-refractivity contribution in [3.05, 3.63) is 36.0 Å². The number of carbonyl (C=O) groups excluding carboxylic acids is 1. The van der Waals surface area contributed by atoms with Crippen LogP contribution in [0.15, 0.2) is 30.3 Å². The van der Waals surface area contributed by atoms with E-state index in [0.29, 0.717) is 11.6 Å². The van der Waals surface area contributed by atoms with Crippen molar-refractivity contribution in [1.82, 2.24) is 10.3 Å². The van der Waals surface area contributed by atoms with Gasteiger partial charge >= 0.3 is 0 Å². The molecule has 20 heavy (non-hydrogen) atoms. The molecule has 0 bridgehead atoms. The minimum absolute atomic E-state index is 0.0911. The van der Waals surface area contributed by atoms with E-state index in [1.807, 2.05) is 37.4 Å². The van der Waals surface area contributed by atoms with Gasteiger partial charge in [0.15, 0.2) is 0 Å². The smallest absolute Gasteiger partial charge is 0.270 e. The summed E-state index contributed by atoms with van der Waals surface area (Å²) in [6.45, 7) is 2.07. The zero-order valence-electron chi connectivity index (χ0n) is 11.8. The third-order valence-corrected chi connectivity index (χ3v) is 3.90. The molecule has 3 rings (SSSR count). The van der Waals surface area contributed by atoms with Crippen LogP contribution < -0.4 is 10.6 Å². The largest absolute Gasteiger partial charge is 0.373 e. The minimum atomic E-state index is -0.0911. The molecule has 2 aromatic rings. The van der Waals surface area contributed by atoms with E-state index in [-0.39, 0.29) is 11.9 Å². The number of rotatable bonds is 4. The van der Waals surface area contributed by atoms with Gasteiger partial charge in [-0.25, -0.2) is 4.98 Å². The molecule has 1 aromatic carbocycles. The van der Waals surface area contributed by atoms with Crippen LogP contribution in [-0.2, 0) is 0 Å². The maximum Gasteiger partial charge on any atom is 0.270 e. The first-order valence-electron chi connectivity index (χ1n) is 7.07. The van der Waals surface area contributed by atoms with Gasteiger partial charge in [0.1, 0.15) is 11.5 Å². The van der Waals surface area contributed by atoms with E-state index in [0.717, 1.165) is 16.6 Å². The van der Waals surface area contributed by atoms with E-state index < -0.39 is 0 Å². The van der Waals surface area contributed by atoms with Crippen molar-refractivity contribution in [3.8, 4) is 0 Å². The fraction of sp³-hybridized carbons (Fsp3) is 0.375. The van der Waals surface area contributed by atoms with Gasteiger partial charge in [-0.2, -0.15) is 0 Å². The molecule has 0 radical (unpaired) electrons. The molecular formula is C16H19N3O. The lowest BCUT2D eigenvalue weighted by Crippen LogP contribution is -2.34. The van der Waals surface area contributed by atoms with Crippen LogP contribution in [0.25, 0.3) is 10.8 Å². The number of hydrogen-bond donors (Lipinski definition) is 2. The Bertz CT molecular complexity index is 649. The van der Waals surface area contributed by atoms with Gasteiger partial charge < -0.3 is 10.6 Å². The third kappa shape index (κ3) is 2.46. The Labute approximate surface area is 118 Å². The summed E-state index contributed by atoms with van der Waals surface area (Å²) in [6.07, 6.45) is 2.43. The molecule has 104 valence electrons. The summed E-state index contributed by atoms with van der Waals surface area (Å²) in [7, 11) is 1.82. The molecule has 0 spiro atoms. The van der Waals surface area contributed by atoms with E-state index in [1.165, 1.54) is 12.8 Å². The Kier molecular flexibility index (Phi) is 3.30. The fourth-order valence-electron chi connectivity index (χ4n) is 2.50. The summed E-state index contributed by atoms with van der Waals surface area (Å²) >= 11 is 0. The lowest BCUT2D eigenvalue weighted by molar-refractivity contribution is 0.0931.